The second-order valence-electron chi connectivity index (χ2n) is 3.69. The number of carbonyl (C=O) groups excluding carboxylic acids is 1. The van der Waals surface area contributed by atoms with Crippen molar-refractivity contribution >= 4 is 11.6 Å². The summed E-state index contributed by atoms with van der Waals surface area (Å²) < 4.78 is 26.4. The topological polar surface area (TPSA) is 42.0 Å². The van der Waals surface area contributed by atoms with Crippen LogP contribution < -0.4 is 5.32 Å². The van der Waals surface area contributed by atoms with E-state index in [1.807, 2.05) is 0 Å². The van der Waals surface area contributed by atoms with E-state index in [0.29, 0.717) is 11.4 Å². The van der Waals surface area contributed by atoms with Crippen molar-refractivity contribution < 1.29 is 13.6 Å². The Morgan fingerprint density at radius 3 is 2.72 bits per heavy atom. The fourth-order valence-electron chi connectivity index (χ4n) is 1.49. The maximum Gasteiger partial charge on any atom is 0.258 e. The SMILES string of the molecule is Cc1ncccc1NC(=O)c1cccc(F)c1F. The van der Waals surface area contributed by atoms with Crippen molar-refractivity contribution in [1.82, 2.24) is 4.98 Å². The predicted molar refractivity (Wildman–Crippen MR) is 63.3 cm³/mol. The molecule has 1 heterocycles. The predicted octanol–water partition coefficient (Wildman–Crippen LogP) is 2.92. The van der Waals surface area contributed by atoms with Gasteiger partial charge in [-0.1, -0.05) is 6.07 Å². The third-order valence-electron chi connectivity index (χ3n) is 2.45. The highest BCUT2D eigenvalue weighted by molar-refractivity contribution is 6.04. The minimum atomic E-state index is -1.16. The molecule has 1 amide bonds. The summed E-state index contributed by atoms with van der Waals surface area (Å²) in [5.41, 5.74) is 0.729. The Balaban J connectivity index is 2.28. The van der Waals surface area contributed by atoms with Gasteiger partial charge in [-0.2, -0.15) is 0 Å². The van der Waals surface area contributed by atoms with Crippen LogP contribution in [0.1, 0.15) is 16.1 Å². The summed E-state index contributed by atoms with van der Waals surface area (Å²) in [5.74, 6) is -2.91. The van der Waals surface area contributed by atoms with Gasteiger partial charge in [-0.15, -0.1) is 0 Å². The number of nitrogens with one attached hydrogen (secondary N) is 1. The van der Waals surface area contributed by atoms with Crippen LogP contribution in [0.4, 0.5) is 14.5 Å². The van der Waals surface area contributed by atoms with Gasteiger partial charge in [0.25, 0.3) is 5.91 Å². The molecular weight excluding hydrogens is 238 g/mol. The summed E-state index contributed by atoms with van der Waals surface area (Å²) in [7, 11) is 0. The summed E-state index contributed by atoms with van der Waals surface area (Å²) in [6, 6.07) is 6.74. The average Bonchev–Trinajstić information content (AvgIpc) is 2.35. The Kier molecular flexibility index (Phi) is 3.32. The van der Waals surface area contributed by atoms with E-state index in [9.17, 15) is 13.6 Å². The van der Waals surface area contributed by atoms with E-state index in [0.717, 1.165) is 6.07 Å². The first-order chi connectivity index (χ1) is 8.59. The van der Waals surface area contributed by atoms with Crippen molar-refractivity contribution in [3.63, 3.8) is 0 Å². The molecule has 0 saturated carbocycles. The van der Waals surface area contributed by atoms with Gasteiger partial charge in [-0.3, -0.25) is 9.78 Å². The van der Waals surface area contributed by atoms with Gasteiger partial charge in [0.1, 0.15) is 0 Å². The number of aromatic nitrogens is 1. The molecule has 0 atom stereocenters. The molecule has 3 nitrogen and oxygen atoms in total. The molecule has 1 aromatic heterocycles. The maximum absolute atomic E-state index is 13.4. The zero-order valence-electron chi connectivity index (χ0n) is 9.58. The standard InChI is InChI=1S/C13H10F2N2O/c1-8-11(6-3-7-16-8)17-13(18)9-4-2-5-10(14)12(9)15/h2-7H,1H3,(H,17,18). The maximum atomic E-state index is 13.4. The lowest BCUT2D eigenvalue weighted by Gasteiger charge is -2.08. The molecule has 0 radical (unpaired) electrons. The van der Waals surface area contributed by atoms with Gasteiger partial charge in [0.2, 0.25) is 0 Å². The second-order valence-corrected chi connectivity index (χ2v) is 3.69. The molecule has 18 heavy (non-hydrogen) atoms. The van der Waals surface area contributed by atoms with Crippen molar-refractivity contribution in [3.8, 4) is 0 Å². The van der Waals surface area contributed by atoms with Gasteiger partial charge in [-0.05, 0) is 31.2 Å². The summed E-state index contributed by atoms with van der Waals surface area (Å²) in [5, 5.41) is 2.49. The molecule has 2 aromatic rings. The van der Waals surface area contributed by atoms with E-state index in [1.165, 1.54) is 12.1 Å². The zero-order valence-corrected chi connectivity index (χ0v) is 9.58. The van der Waals surface area contributed by atoms with E-state index < -0.39 is 17.5 Å². The second kappa shape index (κ2) is 4.91. The van der Waals surface area contributed by atoms with Crippen molar-refractivity contribution in [1.29, 1.82) is 0 Å². The highest BCUT2D eigenvalue weighted by Gasteiger charge is 2.15. The number of hydrogen-bond donors (Lipinski definition) is 1. The number of pyridine rings is 1. The molecule has 0 spiro atoms. The Hall–Kier alpha value is -2.30. The lowest BCUT2D eigenvalue weighted by atomic mass is 10.2. The zero-order chi connectivity index (χ0) is 13.1. The van der Waals surface area contributed by atoms with Gasteiger partial charge < -0.3 is 5.32 Å². The molecular formula is C13H10F2N2O. The lowest BCUT2D eigenvalue weighted by molar-refractivity contribution is 0.102. The van der Waals surface area contributed by atoms with Crippen LogP contribution in [-0.4, -0.2) is 10.9 Å². The van der Waals surface area contributed by atoms with Crippen molar-refractivity contribution in [2.75, 3.05) is 5.32 Å². The molecule has 1 aromatic carbocycles. The smallest absolute Gasteiger partial charge is 0.258 e. The highest BCUT2D eigenvalue weighted by atomic mass is 19.2. The number of amides is 1. The summed E-state index contributed by atoms with van der Waals surface area (Å²) in [6.07, 6.45) is 1.58. The number of nitrogens with zero attached hydrogens (tertiary/aromatic N) is 1. The molecule has 0 bridgehead atoms. The third kappa shape index (κ3) is 2.34. The average molecular weight is 248 g/mol. The number of anilines is 1. The van der Waals surface area contributed by atoms with Crippen molar-refractivity contribution in [2.45, 2.75) is 6.92 Å². The lowest BCUT2D eigenvalue weighted by Crippen LogP contribution is -2.15. The highest BCUT2D eigenvalue weighted by Crippen LogP contribution is 2.15. The summed E-state index contributed by atoms with van der Waals surface area (Å²) >= 11 is 0. The monoisotopic (exact) mass is 248 g/mol. The van der Waals surface area contributed by atoms with Crippen LogP contribution >= 0.6 is 0 Å². The number of hydrogen-bond acceptors (Lipinski definition) is 2. The third-order valence-corrected chi connectivity index (χ3v) is 2.45. The van der Waals surface area contributed by atoms with E-state index in [4.69, 9.17) is 0 Å². The first-order valence-electron chi connectivity index (χ1n) is 5.26. The fourth-order valence-corrected chi connectivity index (χ4v) is 1.49. The molecule has 1 N–H and O–H groups in total. The number of rotatable bonds is 2. The summed E-state index contributed by atoms with van der Waals surface area (Å²) in [6.45, 7) is 1.71. The molecule has 0 unspecified atom stereocenters. The van der Waals surface area contributed by atoms with Crippen LogP contribution in [0.15, 0.2) is 36.5 Å². The van der Waals surface area contributed by atoms with Gasteiger partial charge >= 0.3 is 0 Å². The van der Waals surface area contributed by atoms with Crippen LogP contribution in [0.5, 0.6) is 0 Å². The molecule has 5 heteroatoms. The molecule has 0 saturated heterocycles. The van der Waals surface area contributed by atoms with Gasteiger partial charge in [0.15, 0.2) is 11.6 Å². The number of carbonyl (C=O) groups is 1. The van der Waals surface area contributed by atoms with Crippen LogP contribution in [0.3, 0.4) is 0 Å². The van der Waals surface area contributed by atoms with E-state index >= 15 is 0 Å². The van der Waals surface area contributed by atoms with Crippen molar-refractivity contribution in [2.24, 2.45) is 0 Å². The van der Waals surface area contributed by atoms with Crippen LogP contribution in [-0.2, 0) is 0 Å². The Labute approximate surface area is 102 Å². The fraction of sp³-hybridized carbons (Fsp3) is 0.0769. The van der Waals surface area contributed by atoms with Gasteiger partial charge in [-0.25, -0.2) is 8.78 Å². The Morgan fingerprint density at radius 2 is 2.00 bits per heavy atom. The quantitative estimate of drug-likeness (QED) is 0.887. The van der Waals surface area contributed by atoms with Crippen LogP contribution in [0, 0.1) is 18.6 Å². The Bertz CT molecular complexity index is 599. The normalized spacial score (nSPS) is 10.2. The molecule has 0 aliphatic heterocycles. The number of aryl methyl sites for hydroxylation is 1. The molecule has 0 fully saturated rings. The molecule has 0 aliphatic carbocycles. The van der Waals surface area contributed by atoms with E-state index in [1.54, 1.807) is 25.3 Å². The van der Waals surface area contributed by atoms with E-state index in [2.05, 4.69) is 10.3 Å². The first-order valence-corrected chi connectivity index (χ1v) is 5.26. The van der Waals surface area contributed by atoms with E-state index in [-0.39, 0.29) is 5.56 Å². The molecule has 92 valence electrons. The van der Waals surface area contributed by atoms with Crippen LogP contribution in [0.25, 0.3) is 0 Å². The minimum absolute atomic E-state index is 0.335. The summed E-state index contributed by atoms with van der Waals surface area (Å²) in [4.78, 5) is 15.8. The Morgan fingerprint density at radius 1 is 1.22 bits per heavy atom. The minimum Gasteiger partial charge on any atom is -0.320 e. The largest absolute Gasteiger partial charge is 0.320 e. The first kappa shape index (κ1) is 12.2. The van der Waals surface area contributed by atoms with Crippen LogP contribution in [0.2, 0.25) is 0 Å². The van der Waals surface area contributed by atoms with Crippen molar-refractivity contribution in [3.05, 3.63) is 59.4 Å². The molecule has 0 aliphatic rings. The number of benzene rings is 1. The van der Waals surface area contributed by atoms with Gasteiger partial charge in [0, 0.05) is 6.20 Å². The number of halogens is 2. The van der Waals surface area contributed by atoms with Gasteiger partial charge in [0.05, 0.1) is 16.9 Å². The molecule has 2 rings (SSSR count).